The van der Waals surface area contributed by atoms with Gasteiger partial charge in [-0.2, -0.15) is 4.39 Å². The van der Waals surface area contributed by atoms with Gasteiger partial charge < -0.3 is 5.32 Å². The predicted octanol–water partition coefficient (Wildman–Crippen LogP) is 0.528. The third kappa shape index (κ3) is 3.04. The van der Waals surface area contributed by atoms with Crippen molar-refractivity contribution < 1.29 is 17.6 Å². The molecule has 5 nitrogen and oxygen atoms in total. The molecule has 1 aliphatic heterocycles. The lowest BCUT2D eigenvalue weighted by atomic mass is 10.1. The number of rotatable bonds is 2. The first-order valence-electron chi connectivity index (χ1n) is 5.60. The van der Waals surface area contributed by atoms with Gasteiger partial charge in [-0.1, -0.05) is 0 Å². The first kappa shape index (κ1) is 12.9. The van der Waals surface area contributed by atoms with Crippen molar-refractivity contribution >= 4 is 15.7 Å². The van der Waals surface area contributed by atoms with E-state index in [1.807, 2.05) is 0 Å². The summed E-state index contributed by atoms with van der Waals surface area (Å²) >= 11 is 0. The first-order chi connectivity index (χ1) is 8.48. The van der Waals surface area contributed by atoms with Gasteiger partial charge in [-0.25, -0.2) is 13.4 Å². The molecule has 1 saturated heterocycles. The number of nitrogens with one attached hydrogen (secondary N) is 1. The molecular formula is C11H13FN2O3S. The minimum atomic E-state index is -3.09. The van der Waals surface area contributed by atoms with Crippen molar-refractivity contribution in [3.05, 3.63) is 29.8 Å². The second-order valence-corrected chi connectivity index (χ2v) is 6.50. The van der Waals surface area contributed by atoms with Gasteiger partial charge in [0, 0.05) is 12.2 Å². The van der Waals surface area contributed by atoms with Crippen molar-refractivity contribution in [3.63, 3.8) is 0 Å². The Morgan fingerprint density at radius 1 is 1.50 bits per heavy atom. The van der Waals surface area contributed by atoms with E-state index in [1.165, 1.54) is 18.3 Å². The van der Waals surface area contributed by atoms with E-state index in [4.69, 9.17) is 0 Å². The number of aromatic nitrogens is 1. The van der Waals surface area contributed by atoms with Crippen LogP contribution in [0.1, 0.15) is 23.2 Å². The number of hydrogen-bond donors (Lipinski definition) is 1. The lowest BCUT2D eigenvalue weighted by molar-refractivity contribution is 0.0933. The van der Waals surface area contributed by atoms with Gasteiger partial charge in [-0.15, -0.1) is 0 Å². The Kier molecular flexibility index (Phi) is 3.60. The molecule has 0 spiro atoms. The maximum absolute atomic E-state index is 13.3. The Hall–Kier alpha value is -1.50. The van der Waals surface area contributed by atoms with E-state index in [-0.39, 0.29) is 17.1 Å². The summed E-state index contributed by atoms with van der Waals surface area (Å²) in [6.07, 6.45) is 2.35. The molecule has 7 heteroatoms. The summed E-state index contributed by atoms with van der Waals surface area (Å²) in [6.45, 7) is 0. The van der Waals surface area contributed by atoms with Gasteiger partial charge in [0.2, 0.25) is 5.95 Å². The quantitative estimate of drug-likeness (QED) is 0.797. The molecule has 1 aromatic rings. The molecular weight excluding hydrogens is 259 g/mol. The summed E-state index contributed by atoms with van der Waals surface area (Å²) in [7, 11) is -3.09. The van der Waals surface area contributed by atoms with Crippen molar-refractivity contribution in [1.29, 1.82) is 0 Å². The van der Waals surface area contributed by atoms with E-state index >= 15 is 0 Å². The number of sulfone groups is 1. The van der Waals surface area contributed by atoms with Gasteiger partial charge in [0.25, 0.3) is 5.91 Å². The zero-order chi connectivity index (χ0) is 13.2. The summed E-state index contributed by atoms with van der Waals surface area (Å²) in [5, 5.41) is 2.53. The highest BCUT2D eigenvalue weighted by molar-refractivity contribution is 7.91. The summed E-state index contributed by atoms with van der Waals surface area (Å²) < 4.78 is 36.1. The average molecular weight is 272 g/mol. The summed E-state index contributed by atoms with van der Waals surface area (Å²) in [4.78, 5) is 15.1. The zero-order valence-electron chi connectivity index (χ0n) is 9.60. The SMILES string of the molecule is O=C(NC1CCCS(=O)(=O)C1)c1cccnc1F. The third-order valence-corrected chi connectivity index (χ3v) is 4.62. The minimum absolute atomic E-state index is 0.0827. The highest BCUT2D eigenvalue weighted by atomic mass is 32.2. The number of carbonyl (C=O) groups excluding carboxylic acids is 1. The maximum Gasteiger partial charge on any atom is 0.256 e. The summed E-state index contributed by atoms with van der Waals surface area (Å²) in [5.41, 5.74) is -0.166. The van der Waals surface area contributed by atoms with Crippen molar-refractivity contribution in [1.82, 2.24) is 10.3 Å². The molecule has 98 valence electrons. The largest absolute Gasteiger partial charge is 0.348 e. The number of carbonyl (C=O) groups is 1. The van der Waals surface area contributed by atoms with Crippen LogP contribution >= 0.6 is 0 Å². The van der Waals surface area contributed by atoms with Gasteiger partial charge in [-0.05, 0) is 25.0 Å². The second-order valence-electron chi connectivity index (χ2n) is 4.27. The molecule has 1 aliphatic rings. The molecule has 1 unspecified atom stereocenters. The van der Waals surface area contributed by atoms with E-state index < -0.39 is 27.7 Å². The molecule has 1 N–H and O–H groups in total. The molecule has 2 rings (SSSR count). The van der Waals surface area contributed by atoms with Crippen LogP contribution in [-0.4, -0.2) is 36.9 Å². The molecule has 1 fully saturated rings. The number of halogens is 1. The molecule has 0 aliphatic carbocycles. The number of pyridine rings is 1. The van der Waals surface area contributed by atoms with Crippen LogP contribution in [0.3, 0.4) is 0 Å². The lowest BCUT2D eigenvalue weighted by Crippen LogP contribution is -2.43. The van der Waals surface area contributed by atoms with Gasteiger partial charge in [-0.3, -0.25) is 4.79 Å². The molecule has 1 amide bonds. The van der Waals surface area contributed by atoms with E-state index in [9.17, 15) is 17.6 Å². The zero-order valence-corrected chi connectivity index (χ0v) is 10.4. The second kappa shape index (κ2) is 5.01. The Labute approximate surface area is 104 Å². The molecule has 18 heavy (non-hydrogen) atoms. The monoisotopic (exact) mass is 272 g/mol. The van der Waals surface area contributed by atoms with E-state index in [0.29, 0.717) is 12.8 Å². The molecule has 1 atom stereocenters. The molecule has 0 bridgehead atoms. The smallest absolute Gasteiger partial charge is 0.256 e. The number of nitrogens with zero attached hydrogens (tertiary/aromatic N) is 1. The molecule has 0 radical (unpaired) electrons. The fraction of sp³-hybridized carbons (Fsp3) is 0.455. The summed E-state index contributed by atoms with van der Waals surface area (Å²) in [6, 6.07) is 2.32. The van der Waals surface area contributed by atoms with Crippen LogP contribution in [0, 0.1) is 5.95 Å². The fourth-order valence-corrected chi connectivity index (χ4v) is 3.59. The Morgan fingerprint density at radius 2 is 2.28 bits per heavy atom. The molecule has 1 aromatic heterocycles. The average Bonchev–Trinajstić information content (AvgIpc) is 2.28. The standard InChI is InChI=1S/C11H13FN2O3S/c12-10-9(4-1-5-13-10)11(15)14-8-3-2-6-18(16,17)7-8/h1,4-5,8H,2-3,6-7H2,(H,14,15). The van der Waals surface area contributed by atoms with E-state index in [1.54, 1.807) is 0 Å². The fourth-order valence-electron chi connectivity index (χ4n) is 1.96. The van der Waals surface area contributed by atoms with E-state index in [0.717, 1.165) is 0 Å². The predicted molar refractivity (Wildman–Crippen MR) is 63.3 cm³/mol. The Bertz CT molecular complexity index is 559. The third-order valence-electron chi connectivity index (χ3n) is 2.80. The van der Waals surface area contributed by atoms with Crippen molar-refractivity contribution in [2.75, 3.05) is 11.5 Å². The van der Waals surface area contributed by atoms with Crippen LogP contribution in [0.25, 0.3) is 0 Å². The highest BCUT2D eigenvalue weighted by Crippen LogP contribution is 2.13. The van der Waals surface area contributed by atoms with Crippen LogP contribution in [0.4, 0.5) is 4.39 Å². The van der Waals surface area contributed by atoms with Crippen LogP contribution < -0.4 is 5.32 Å². The Morgan fingerprint density at radius 3 is 2.94 bits per heavy atom. The topological polar surface area (TPSA) is 76.1 Å². The molecule has 0 aromatic carbocycles. The van der Waals surface area contributed by atoms with Crippen molar-refractivity contribution in [2.45, 2.75) is 18.9 Å². The number of hydrogen-bond acceptors (Lipinski definition) is 4. The van der Waals surface area contributed by atoms with Crippen LogP contribution in [0.15, 0.2) is 18.3 Å². The van der Waals surface area contributed by atoms with Gasteiger partial charge in [0.05, 0.1) is 17.1 Å². The summed E-state index contributed by atoms with van der Waals surface area (Å²) in [5.74, 6) is -1.40. The number of amides is 1. The lowest BCUT2D eigenvalue weighted by Gasteiger charge is -2.22. The van der Waals surface area contributed by atoms with Crippen LogP contribution in [-0.2, 0) is 9.84 Å². The van der Waals surface area contributed by atoms with Gasteiger partial charge in [0.15, 0.2) is 9.84 Å². The molecule has 0 saturated carbocycles. The van der Waals surface area contributed by atoms with Gasteiger partial charge >= 0.3 is 0 Å². The highest BCUT2D eigenvalue weighted by Gasteiger charge is 2.26. The normalized spacial score (nSPS) is 22.4. The van der Waals surface area contributed by atoms with Gasteiger partial charge in [0.1, 0.15) is 0 Å². The minimum Gasteiger partial charge on any atom is -0.348 e. The molecule has 2 heterocycles. The first-order valence-corrected chi connectivity index (χ1v) is 7.42. The van der Waals surface area contributed by atoms with Crippen molar-refractivity contribution in [2.24, 2.45) is 0 Å². The van der Waals surface area contributed by atoms with Crippen LogP contribution in [0.5, 0.6) is 0 Å². The maximum atomic E-state index is 13.3. The van der Waals surface area contributed by atoms with Crippen molar-refractivity contribution in [3.8, 4) is 0 Å². The Balaban J connectivity index is 2.06. The van der Waals surface area contributed by atoms with Crippen LogP contribution in [0.2, 0.25) is 0 Å². The van der Waals surface area contributed by atoms with E-state index in [2.05, 4.69) is 10.3 Å².